The van der Waals surface area contributed by atoms with Crippen LogP contribution in [0.4, 0.5) is 18.9 Å². The van der Waals surface area contributed by atoms with Crippen molar-refractivity contribution in [2.45, 2.75) is 43.9 Å². The first kappa shape index (κ1) is 23.1. The number of hydrogen-bond acceptors (Lipinski definition) is 4. The Balaban J connectivity index is 1.28. The minimum Gasteiger partial charge on any atom is -0.371 e. The molecule has 1 amide bonds. The molecule has 9 heteroatoms. The molecule has 0 radical (unpaired) electrons. The molecule has 2 aromatic heterocycles. The van der Waals surface area contributed by atoms with E-state index < -0.39 is 11.9 Å². The highest BCUT2D eigenvalue weighted by molar-refractivity contribution is 5.98. The Kier molecular flexibility index (Phi) is 5.86. The van der Waals surface area contributed by atoms with Crippen molar-refractivity contribution in [1.29, 1.82) is 0 Å². The quantitative estimate of drug-likeness (QED) is 0.429. The van der Waals surface area contributed by atoms with Crippen LogP contribution < -0.4 is 10.2 Å². The van der Waals surface area contributed by atoms with Gasteiger partial charge in [0.15, 0.2) is 0 Å². The molecule has 0 bridgehead atoms. The highest BCUT2D eigenvalue weighted by atomic mass is 19.4. The van der Waals surface area contributed by atoms with E-state index in [0.29, 0.717) is 22.2 Å². The fourth-order valence-electron chi connectivity index (χ4n) is 4.95. The van der Waals surface area contributed by atoms with Crippen molar-refractivity contribution in [3.05, 3.63) is 66.0 Å². The number of para-hydroxylation sites is 1. The van der Waals surface area contributed by atoms with Gasteiger partial charge in [-0.3, -0.25) is 9.48 Å². The van der Waals surface area contributed by atoms with Crippen LogP contribution in [0.5, 0.6) is 0 Å². The van der Waals surface area contributed by atoms with Crippen molar-refractivity contribution in [1.82, 2.24) is 20.1 Å². The number of alkyl halides is 3. The predicted octanol–water partition coefficient (Wildman–Crippen LogP) is 5.32. The molecule has 0 aliphatic heterocycles. The molecule has 0 atom stereocenters. The number of fused-ring (bicyclic) bond motifs is 2. The second kappa shape index (κ2) is 8.87. The van der Waals surface area contributed by atoms with E-state index in [9.17, 15) is 18.0 Å². The van der Waals surface area contributed by atoms with Gasteiger partial charge in [-0.1, -0.05) is 24.3 Å². The SMILES string of the molecule is Cn1ncc2ccc(C(=O)N[C@H]3CC[C@@H](N(C)c4cc(C(F)(F)F)nc5ccccc45)CC3)cc21. The van der Waals surface area contributed by atoms with Gasteiger partial charge in [0.1, 0.15) is 5.69 Å². The molecular weight excluding hydrogens is 455 g/mol. The molecule has 0 saturated heterocycles. The molecule has 35 heavy (non-hydrogen) atoms. The van der Waals surface area contributed by atoms with Crippen LogP contribution in [0.1, 0.15) is 41.7 Å². The van der Waals surface area contributed by atoms with Crippen LogP contribution in [0.2, 0.25) is 0 Å². The number of hydrogen-bond donors (Lipinski definition) is 1. The summed E-state index contributed by atoms with van der Waals surface area (Å²) in [6.45, 7) is 0. The van der Waals surface area contributed by atoms with Crippen molar-refractivity contribution < 1.29 is 18.0 Å². The summed E-state index contributed by atoms with van der Waals surface area (Å²) in [5, 5.41) is 9.01. The summed E-state index contributed by atoms with van der Waals surface area (Å²) >= 11 is 0. The van der Waals surface area contributed by atoms with E-state index in [1.807, 2.05) is 37.2 Å². The van der Waals surface area contributed by atoms with Crippen molar-refractivity contribution in [3.8, 4) is 0 Å². The van der Waals surface area contributed by atoms with Gasteiger partial charge in [0.05, 0.1) is 17.2 Å². The first-order valence-electron chi connectivity index (χ1n) is 11.6. The number of carbonyl (C=O) groups excluding carboxylic acids is 1. The molecular formula is C26H26F3N5O. The van der Waals surface area contributed by atoms with E-state index in [0.717, 1.165) is 42.7 Å². The molecule has 0 spiro atoms. The zero-order chi connectivity index (χ0) is 24.7. The lowest BCUT2D eigenvalue weighted by Gasteiger charge is -2.37. The number of amides is 1. The molecule has 0 unspecified atom stereocenters. The standard InChI is InChI=1S/C26H26F3N5O/c1-33(23-14-24(26(27,28)29)32-21-6-4-3-5-20(21)23)19-11-9-18(10-12-19)31-25(35)16-7-8-17-15-30-34(2)22(17)13-16/h3-8,13-15,18-19H,9-12H2,1-2H3,(H,31,35)/t18-,19+. The van der Waals surface area contributed by atoms with Crippen LogP contribution in [0, 0.1) is 0 Å². The van der Waals surface area contributed by atoms with Crippen molar-refractivity contribution in [2.75, 3.05) is 11.9 Å². The van der Waals surface area contributed by atoms with Crippen molar-refractivity contribution in [3.63, 3.8) is 0 Å². The van der Waals surface area contributed by atoms with Gasteiger partial charge in [-0.2, -0.15) is 18.3 Å². The average molecular weight is 482 g/mol. The average Bonchev–Trinajstić information content (AvgIpc) is 3.22. The number of aryl methyl sites for hydroxylation is 1. The van der Waals surface area contributed by atoms with Gasteiger partial charge < -0.3 is 10.2 Å². The number of benzene rings is 2. The van der Waals surface area contributed by atoms with Gasteiger partial charge in [-0.25, -0.2) is 4.98 Å². The summed E-state index contributed by atoms with van der Waals surface area (Å²) in [5.41, 5.74) is 1.45. The largest absolute Gasteiger partial charge is 0.433 e. The zero-order valence-electron chi connectivity index (χ0n) is 19.5. The second-order valence-electron chi connectivity index (χ2n) is 9.17. The molecule has 1 aliphatic carbocycles. The third-order valence-corrected chi connectivity index (χ3v) is 6.96. The van der Waals surface area contributed by atoms with E-state index in [1.165, 1.54) is 0 Å². The van der Waals surface area contributed by atoms with E-state index in [-0.39, 0.29) is 18.0 Å². The molecule has 2 aromatic carbocycles. The number of halogens is 3. The van der Waals surface area contributed by atoms with Gasteiger partial charge in [0, 0.05) is 48.2 Å². The maximum Gasteiger partial charge on any atom is 0.433 e. The maximum atomic E-state index is 13.5. The molecule has 1 fully saturated rings. The van der Waals surface area contributed by atoms with Gasteiger partial charge in [-0.05, 0) is 49.9 Å². The number of nitrogens with one attached hydrogen (secondary N) is 1. The van der Waals surface area contributed by atoms with E-state index in [2.05, 4.69) is 15.4 Å². The fraction of sp³-hybridized carbons (Fsp3) is 0.346. The van der Waals surface area contributed by atoms with E-state index in [4.69, 9.17) is 0 Å². The Hall–Kier alpha value is -3.62. The summed E-state index contributed by atoms with van der Waals surface area (Å²) in [5.74, 6) is -0.125. The van der Waals surface area contributed by atoms with Gasteiger partial charge >= 0.3 is 6.18 Å². The highest BCUT2D eigenvalue weighted by Gasteiger charge is 2.34. The summed E-state index contributed by atoms with van der Waals surface area (Å²) < 4.78 is 42.2. The number of carbonyl (C=O) groups is 1. The summed E-state index contributed by atoms with van der Waals surface area (Å²) in [7, 11) is 3.68. The van der Waals surface area contributed by atoms with Crippen LogP contribution in [0.3, 0.4) is 0 Å². The third kappa shape index (κ3) is 4.54. The Morgan fingerprint density at radius 2 is 1.83 bits per heavy atom. The van der Waals surface area contributed by atoms with E-state index >= 15 is 0 Å². The van der Waals surface area contributed by atoms with Crippen molar-refractivity contribution in [2.24, 2.45) is 7.05 Å². The fourth-order valence-corrected chi connectivity index (χ4v) is 4.95. The monoisotopic (exact) mass is 481 g/mol. The predicted molar refractivity (Wildman–Crippen MR) is 129 cm³/mol. The molecule has 5 rings (SSSR count). The Morgan fingerprint density at radius 1 is 1.09 bits per heavy atom. The lowest BCUT2D eigenvalue weighted by atomic mass is 9.89. The third-order valence-electron chi connectivity index (χ3n) is 6.96. The maximum absolute atomic E-state index is 13.5. The smallest absolute Gasteiger partial charge is 0.371 e. The number of nitrogens with zero attached hydrogens (tertiary/aromatic N) is 4. The lowest BCUT2D eigenvalue weighted by molar-refractivity contribution is -0.140. The Morgan fingerprint density at radius 3 is 2.57 bits per heavy atom. The number of rotatable bonds is 4. The van der Waals surface area contributed by atoms with Gasteiger partial charge in [0.25, 0.3) is 5.91 Å². The second-order valence-corrected chi connectivity index (χ2v) is 9.17. The van der Waals surface area contributed by atoms with Crippen LogP contribution in [-0.4, -0.2) is 39.8 Å². The minimum atomic E-state index is -4.51. The minimum absolute atomic E-state index is 0.0225. The van der Waals surface area contributed by atoms with Gasteiger partial charge in [0.2, 0.25) is 0 Å². The summed E-state index contributed by atoms with van der Waals surface area (Å²) in [6, 6.07) is 13.7. The van der Waals surface area contributed by atoms with E-state index in [1.54, 1.807) is 35.1 Å². The number of anilines is 1. The molecule has 182 valence electrons. The Bertz CT molecular complexity index is 1390. The van der Waals surface area contributed by atoms with Crippen LogP contribution >= 0.6 is 0 Å². The number of aromatic nitrogens is 3. The summed E-state index contributed by atoms with van der Waals surface area (Å²) in [4.78, 5) is 18.6. The van der Waals surface area contributed by atoms with Crippen LogP contribution in [0.15, 0.2) is 54.7 Å². The molecule has 1 saturated carbocycles. The Labute approximate surface area is 200 Å². The highest BCUT2D eigenvalue weighted by Crippen LogP contribution is 2.36. The normalized spacial score (nSPS) is 18.7. The molecule has 2 heterocycles. The number of pyridine rings is 1. The molecule has 1 N–H and O–H groups in total. The molecule has 1 aliphatic rings. The van der Waals surface area contributed by atoms with Crippen molar-refractivity contribution >= 4 is 33.4 Å². The van der Waals surface area contributed by atoms with Crippen LogP contribution in [-0.2, 0) is 13.2 Å². The zero-order valence-corrected chi connectivity index (χ0v) is 19.5. The lowest BCUT2D eigenvalue weighted by Crippen LogP contribution is -2.43. The summed E-state index contributed by atoms with van der Waals surface area (Å²) in [6.07, 6.45) is 0.284. The topological polar surface area (TPSA) is 63.1 Å². The van der Waals surface area contributed by atoms with Crippen LogP contribution in [0.25, 0.3) is 21.8 Å². The van der Waals surface area contributed by atoms with Gasteiger partial charge in [-0.15, -0.1) is 0 Å². The first-order valence-corrected chi connectivity index (χ1v) is 11.6. The first-order chi connectivity index (χ1) is 16.7. The molecule has 4 aromatic rings. The molecule has 6 nitrogen and oxygen atoms in total.